The molecular formula is C15H22N2O2. The van der Waals surface area contributed by atoms with Crippen LogP contribution in [-0.2, 0) is 4.79 Å². The number of hydrogen-bond donors (Lipinski definition) is 2. The molecule has 0 aliphatic carbocycles. The van der Waals surface area contributed by atoms with Gasteiger partial charge in [0.05, 0.1) is 7.11 Å². The van der Waals surface area contributed by atoms with E-state index in [0.29, 0.717) is 6.54 Å². The molecule has 0 fully saturated rings. The Hall–Kier alpha value is -1.81. The summed E-state index contributed by atoms with van der Waals surface area (Å²) >= 11 is 0. The van der Waals surface area contributed by atoms with Gasteiger partial charge in [0.2, 0.25) is 5.91 Å². The van der Waals surface area contributed by atoms with Crippen molar-refractivity contribution in [2.45, 2.75) is 13.3 Å². The summed E-state index contributed by atoms with van der Waals surface area (Å²) < 4.78 is 5.07. The zero-order valence-electron chi connectivity index (χ0n) is 11.6. The fourth-order valence-corrected chi connectivity index (χ4v) is 1.52. The lowest BCUT2D eigenvalue weighted by atomic mass is 10.2. The van der Waals surface area contributed by atoms with Gasteiger partial charge < -0.3 is 15.4 Å². The van der Waals surface area contributed by atoms with Crippen molar-refractivity contribution in [1.82, 2.24) is 10.6 Å². The number of amides is 1. The summed E-state index contributed by atoms with van der Waals surface area (Å²) in [6, 6.07) is 7.55. The average Bonchev–Trinajstić information content (AvgIpc) is 2.45. The third-order valence-corrected chi connectivity index (χ3v) is 2.57. The minimum atomic E-state index is -0.0749. The predicted molar refractivity (Wildman–Crippen MR) is 78.2 cm³/mol. The smallest absolute Gasteiger partial charge is 0.244 e. The van der Waals surface area contributed by atoms with E-state index in [1.807, 2.05) is 24.3 Å². The van der Waals surface area contributed by atoms with Crippen LogP contribution in [0, 0.1) is 0 Å². The molecule has 4 nitrogen and oxygen atoms in total. The number of hydrogen-bond acceptors (Lipinski definition) is 3. The average molecular weight is 262 g/mol. The summed E-state index contributed by atoms with van der Waals surface area (Å²) in [5.74, 6) is 0.734. The van der Waals surface area contributed by atoms with Crippen LogP contribution in [0.5, 0.6) is 5.75 Å². The van der Waals surface area contributed by atoms with Gasteiger partial charge >= 0.3 is 0 Å². The van der Waals surface area contributed by atoms with Crippen LogP contribution in [0.4, 0.5) is 0 Å². The van der Waals surface area contributed by atoms with Crippen molar-refractivity contribution in [2.24, 2.45) is 0 Å². The van der Waals surface area contributed by atoms with Crippen molar-refractivity contribution < 1.29 is 9.53 Å². The van der Waals surface area contributed by atoms with Crippen LogP contribution in [0.15, 0.2) is 30.3 Å². The maximum atomic E-state index is 11.5. The number of methoxy groups -OCH3 is 1. The molecule has 0 saturated heterocycles. The molecule has 0 aromatic heterocycles. The van der Waals surface area contributed by atoms with Gasteiger partial charge in [-0.2, -0.15) is 0 Å². The van der Waals surface area contributed by atoms with Crippen LogP contribution in [0.2, 0.25) is 0 Å². The van der Waals surface area contributed by atoms with Crippen molar-refractivity contribution in [3.63, 3.8) is 0 Å². The second-order valence-electron chi connectivity index (χ2n) is 4.15. The molecule has 1 aromatic rings. The zero-order valence-corrected chi connectivity index (χ0v) is 11.6. The number of carbonyl (C=O) groups is 1. The zero-order chi connectivity index (χ0) is 13.9. The van der Waals surface area contributed by atoms with Gasteiger partial charge in [-0.15, -0.1) is 0 Å². The lowest BCUT2D eigenvalue weighted by Gasteiger charge is -2.03. The monoisotopic (exact) mass is 262 g/mol. The van der Waals surface area contributed by atoms with Gasteiger partial charge in [-0.3, -0.25) is 4.79 Å². The highest BCUT2D eigenvalue weighted by Gasteiger charge is 1.95. The van der Waals surface area contributed by atoms with Gasteiger partial charge in [0, 0.05) is 19.2 Å². The number of carbonyl (C=O) groups excluding carboxylic acids is 1. The quantitative estimate of drug-likeness (QED) is 0.555. The fourth-order valence-electron chi connectivity index (χ4n) is 1.52. The number of ether oxygens (including phenoxy) is 1. The Labute approximate surface area is 114 Å². The Morgan fingerprint density at radius 2 is 1.95 bits per heavy atom. The molecule has 1 amide bonds. The van der Waals surface area contributed by atoms with E-state index in [1.165, 1.54) is 0 Å². The van der Waals surface area contributed by atoms with E-state index in [1.54, 1.807) is 19.3 Å². The summed E-state index contributed by atoms with van der Waals surface area (Å²) in [4.78, 5) is 11.5. The van der Waals surface area contributed by atoms with Crippen molar-refractivity contribution >= 4 is 12.0 Å². The summed E-state index contributed by atoms with van der Waals surface area (Å²) in [7, 11) is 1.63. The van der Waals surface area contributed by atoms with E-state index in [2.05, 4.69) is 17.6 Å². The molecule has 2 N–H and O–H groups in total. The van der Waals surface area contributed by atoms with Gasteiger partial charge in [-0.25, -0.2) is 0 Å². The number of nitrogens with one attached hydrogen (secondary N) is 2. The van der Waals surface area contributed by atoms with Crippen LogP contribution in [-0.4, -0.2) is 32.7 Å². The third-order valence-electron chi connectivity index (χ3n) is 2.57. The maximum Gasteiger partial charge on any atom is 0.244 e. The Balaban J connectivity index is 2.28. The summed E-state index contributed by atoms with van der Waals surface area (Å²) in [6.07, 6.45) is 4.43. The van der Waals surface area contributed by atoms with Crippen molar-refractivity contribution in [3.05, 3.63) is 35.9 Å². The van der Waals surface area contributed by atoms with E-state index >= 15 is 0 Å². The molecule has 0 aliphatic rings. The Bertz CT molecular complexity index is 399. The Morgan fingerprint density at radius 3 is 2.58 bits per heavy atom. The molecule has 0 heterocycles. The molecule has 1 rings (SSSR count). The molecule has 0 radical (unpaired) electrons. The number of benzene rings is 1. The molecule has 0 unspecified atom stereocenters. The highest BCUT2D eigenvalue weighted by molar-refractivity contribution is 5.91. The third kappa shape index (κ3) is 6.62. The van der Waals surface area contributed by atoms with Crippen LogP contribution in [0.25, 0.3) is 6.08 Å². The van der Waals surface area contributed by atoms with Crippen LogP contribution in [0.3, 0.4) is 0 Å². The van der Waals surface area contributed by atoms with E-state index in [-0.39, 0.29) is 5.91 Å². The SMILES string of the molecule is CCCNCCNC(=O)C=Cc1ccc(OC)cc1. The van der Waals surface area contributed by atoms with Crippen LogP contribution < -0.4 is 15.4 Å². The van der Waals surface area contributed by atoms with Crippen molar-refractivity contribution in [3.8, 4) is 5.75 Å². The van der Waals surface area contributed by atoms with E-state index in [4.69, 9.17) is 4.74 Å². The molecule has 0 saturated carbocycles. The van der Waals surface area contributed by atoms with Gasteiger partial charge in [0.1, 0.15) is 5.75 Å². The summed E-state index contributed by atoms with van der Waals surface area (Å²) in [5, 5.41) is 6.05. The second-order valence-corrected chi connectivity index (χ2v) is 4.15. The standard InChI is InChI=1S/C15H22N2O2/c1-3-10-16-11-12-17-15(18)9-6-13-4-7-14(19-2)8-5-13/h4-9,16H,3,10-12H2,1-2H3,(H,17,18). The van der Waals surface area contributed by atoms with Gasteiger partial charge in [-0.1, -0.05) is 19.1 Å². The first-order valence-electron chi connectivity index (χ1n) is 6.57. The highest BCUT2D eigenvalue weighted by Crippen LogP contribution is 2.11. The van der Waals surface area contributed by atoms with E-state index in [0.717, 1.165) is 30.8 Å². The van der Waals surface area contributed by atoms with Crippen LogP contribution in [0.1, 0.15) is 18.9 Å². The maximum absolute atomic E-state index is 11.5. The topological polar surface area (TPSA) is 50.4 Å². The summed E-state index contributed by atoms with van der Waals surface area (Å²) in [5.41, 5.74) is 0.972. The largest absolute Gasteiger partial charge is 0.497 e. The minimum absolute atomic E-state index is 0.0749. The second kappa shape index (κ2) is 9.16. The Kier molecular flexibility index (Phi) is 7.35. The molecule has 0 bridgehead atoms. The first-order valence-corrected chi connectivity index (χ1v) is 6.57. The van der Waals surface area contributed by atoms with Crippen LogP contribution >= 0.6 is 0 Å². The molecule has 0 aliphatic heterocycles. The Morgan fingerprint density at radius 1 is 1.21 bits per heavy atom. The molecular weight excluding hydrogens is 240 g/mol. The molecule has 4 heteroatoms. The fraction of sp³-hybridized carbons (Fsp3) is 0.400. The van der Waals surface area contributed by atoms with Gasteiger partial charge in [0.25, 0.3) is 0 Å². The predicted octanol–water partition coefficient (Wildman–Crippen LogP) is 1.82. The van der Waals surface area contributed by atoms with Crippen molar-refractivity contribution in [1.29, 1.82) is 0 Å². The molecule has 0 spiro atoms. The first-order chi connectivity index (χ1) is 9.26. The van der Waals surface area contributed by atoms with E-state index in [9.17, 15) is 4.79 Å². The van der Waals surface area contributed by atoms with Crippen molar-refractivity contribution in [2.75, 3.05) is 26.7 Å². The summed E-state index contributed by atoms with van der Waals surface area (Å²) in [6.45, 7) is 4.54. The lowest BCUT2D eigenvalue weighted by molar-refractivity contribution is -0.116. The normalized spacial score (nSPS) is 10.6. The lowest BCUT2D eigenvalue weighted by Crippen LogP contribution is -2.30. The molecule has 104 valence electrons. The van der Waals surface area contributed by atoms with E-state index < -0.39 is 0 Å². The molecule has 1 aromatic carbocycles. The van der Waals surface area contributed by atoms with Gasteiger partial charge in [-0.05, 0) is 36.7 Å². The molecule has 0 atom stereocenters. The van der Waals surface area contributed by atoms with Gasteiger partial charge in [0.15, 0.2) is 0 Å². The highest BCUT2D eigenvalue weighted by atomic mass is 16.5. The first kappa shape index (κ1) is 15.2. The minimum Gasteiger partial charge on any atom is -0.497 e. The molecule has 19 heavy (non-hydrogen) atoms. The number of rotatable bonds is 8.